The first-order valence-electron chi connectivity index (χ1n) is 12.9. The van der Waals surface area contributed by atoms with Crippen molar-refractivity contribution in [1.29, 1.82) is 0 Å². The van der Waals surface area contributed by atoms with Crippen molar-refractivity contribution in [3.8, 4) is 11.5 Å². The molecule has 2 aromatic rings. The van der Waals surface area contributed by atoms with Gasteiger partial charge in [0.1, 0.15) is 23.8 Å². The third-order valence-electron chi connectivity index (χ3n) is 8.70. The van der Waals surface area contributed by atoms with Gasteiger partial charge in [-0.05, 0) is 128 Å². The zero-order valence-corrected chi connectivity index (χ0v) is 27.6. The molecule has 0 bridgehead atoms. The van der Waals surface area contributed by atoms with Gasteiger partial charge in [-0.2, -0.15) is 0 Å². The summed E-state index contributed by atoms with van der Waals surface area (Å²) in [5, 5.41) is 10.5. The van der Waals surface area contributed by atoms with E-state index in [-0.39, 0.29) is 12.4 Å². The second kappa shape index (κ2) is 9.32. The summed E-state index contributed by atoms with van der Waals surface area (Å²) in [6.07, 6.45) is 0.919. The highest BCUT2D eigenvalue weighted by Crippen LogP contribution is 2.47. The number of phenolic OH excluding ortho intramolecular Hbond substituents is 1. The molecule has 4 heterocycles. The lowest BCUT2D eigenvalue weighted by molar-refractivity contribution is -0.364. The van der Waals surface area contributed by atoms with E-state index in [4.69, 9.17) is 9.47 Å². The molecule has 6 nitrogen and oxygen atoms in total. The van der Waals surface area contributed by atoms with Crippen LogP contribution in [0.1, 0.15) is 66.4 Å². The zero-order chi connectivity index (χ0) is 28.9. The van der Waals surface area contributed by atoms with Crippen molar-refractivity contribution in [2.75, 3.05) is 6.61 Å². The molecule has 1 N–H and O–H groups in total. The topological polar surface area (TPSA) is 63.7 Å². The van der Waals surface area contributed by atoms with E-state index >= 15 is 8.63 Å². The Morgan fingerprint density at radius 2 is 1.74 bits per heavy atom. The van der Waals surface area contributed by atoms with Gasteiger partial charge in [0, 0.05) is 33.7 Å². The van der Waals surface area contributed by atoms with E-state index in [1.165, 1.54) is 0 Å². The fourth-order valence-corrected chi connectivity index (χ4v) is 7.26. The molecule has 11 heteroatoms. The quantitative estimate of drug-likeness (QED) is 0.212. The summed E-state index contributed by atoms with van der Waals surface area (Å²) in [4.78, 5) is 13.6. The number of aromatic hydroxyl groups is 1. The van der Waals surface area contributed by atoms with Crippen LogP contribution in [0, 0.1) is 38.2 Å². The molecule has 0 spiro atoms. The first-order valence-corrected chi connectivity index (χ1v) is 15.0. The summed E-state index contributed by atoms with van der Waals surface area (Å²) in [5.74, 6) is 0.307. The minimum absolute atomic E-state index is 0.163. The number of hydrogen-bond donors (Lipinski definition) is 1. The predicted octanol–water partition coefficient (Wildman–Crippen LogP) is 6.81. The van der Waals surface area contributed by atoms with Crippen molar-refractivity contribution in [3.05, 3.63) is 57.6 Å². The summed E-state index contributed by atoms with van der Waals surface area (Å²) in [7, 11) is 0. The molecule has 0 aliphatic carbocycles. The number of ether oxygens (including phenoxy) is 2. The standard InChI is InChI=1S/C28H31BF2I2N2O4/c1-12-13(2)26-19(14(3)25(12)36)9-10-28(8,39-26)27(37)38-11-20-23-15(4)21(32)17(6)34(23)29(30,31)35-18(7)22(33)16(5)24(20)35/h36H,9-11H2,1-8H3. The molecule has 0 fully saturated rings. The summed E-state index contributed by atoms with van der Waals surface area (Å²) in [6, 6.07) is 0. The maximum atomic E-state index is 16.1. The van der Waals surface area contributed by atoms with Gasteiger partial charge in [0.15, 0.2) is 5.70 Å². The molecule has 1 atom stereocenters. The molecule has 5 rings (SSSR count). The van der Waals surface area contributed by atoms with Crippen LogP contribution in [-0.2, 0) is 16.0 Å². The smallest absolute Gasteiger partial charge is 0.507 e. The Labute approximate surface area is 254 Å². The number of carbonyl (C=O) groups excluding carboxylic acids is 1. The maximum absolute atomic E-state index is 16.1. The van der Waals surface area contributed by atoms with Crippen LogP contribution in [0.4, 0.5) is 8.63 Å². The molecule has 0 saturated carbocycles. The number of aromatic nitrogens is 1. The van der Waals surface area contributed by atoms with Crippen LogP contribution < -0.4 is 4.74 Å². The average Bonchev–Trinajstić information content (AvgIpc) is 3.26. The van der Waals surface area contributed by atoms with E-state index < -0.39 is 18.5 Å². The number of hydrogen-bond acceptors (Lipinski definition) is 4. The molecule has 1 unspecified atom stereocenters. The number of rotatable bonds is 3. The van der Waals surface area contributed by atoms with E-state index in [1.807, 2.05) is 34.6 Å². The van der Waals surface area contributed by atoms with Crippen LogP contribution in [-0.4, -0.2) is 44.9 Å². The molecule has 208 valence electrons. The van der Waals surface area contributed by atoms with E-state index in [0.717, 1.165) is 43.9 Å². The van der Waals surface area contributed by atoms with E-state index in [0.29, 0.717) is 52.5 Å². The Kier molecular flexibility index (Phi) is 6.84. The van der Waals surface area contributed by atoms with Crippen LogP contribution >= 0.6 is 45.2 Å². The molecular weight excluding hydrogens is 731 g/mol. The molecule has 3 aliphatic rings. The van der Waals surface area contributed by atoms with Gasteiger partial charge < -0.3 is 32.2 Å². The van der Waals surface area contributed by atoms with Gasteiger partial charge in [-0.1, -0.05) is 0 Å². The fraction of sp³-hybridized carbons (Fsp3) is 0.429. The highest BCUT2D eigenvalue weighted by molar-refractivity contribution is 14.1. The van der Waals surface area contributed by atoms with Crippen LogP contribution in [0.3, 0.4) is 0 Å². The summed E-state index contributed by atoms with van der Waals surface area (Å²) in [5.41, 5.74) is 5.77. The molecule has 1 aromatic heterocycles. The molecule has 3 aliphatic heterocycles. The number of fused-ring (bicyclic) bond motifs is 3. The number of halogens is 4. The minimum atomic E-state index is -4.13. The summed E-state index contributed by atoms with van der Waals surface area (Å²) >= 11 is 4.23. The summed E-state index contributed by atoms with van der Waals surface area (Å²) in [6.45, 7) is 10.0. The minimum Gasteiger partial charge on any atom is -0.507 e. The van der Waals surface area contributed by atoms with Crippen LogP contribution in [0.2, 0.25) is 0 Å². The zero-order valence-electron chi connectivity index (χ0n) is 23.3. The Hall–Kier alpha value is -1.90. The number of allylic oxidation sites excluding steroid dienone is 2. The van der Waals surface area contributed by atoms with Crippen molar-refractivity contribution in [3.63, 3.8) is 0 Å². The number of carbonyl (C=O) groups is 1. The molecule has 39 heavy (non-hydrogen) atoms. The monoisotopic (exact) mass is 762 g/mol. The van der Waals surface area contributed by atoms with Gasteiger partial charge in [0.05, 0.1) is 9.15 Å². The first kappa shape index (κ1) is 28.6. The molecule has 0 amide bonds. The largest absolute Gasteiger partial charge is 0.737 e. The first-order chi connectivity index (χ1) is 18.1. The van der Waals surface area contributed by atoms with Gasteiger partial charge in [-0.25, -0.2) is 4.79 Å². The highest BCUT2D eigenvalue weighted by atomic mass is 127. The van der Waals surface area contributed by atoms with Crippen LogP contribution in [0.15, 0.2) is 14.8 Å². The second-order valence-corrected chi connectivity index (χ2v) is 13.2. The lowest BCUT2D eigenvalue weighted by Gasteiger charge is -2.36. The number of phenols is 1. The normalized spacial score (nSPS) is 21.6. The van der Waals surface area contributed by atoms with Gasteiger partial charge in [0.25, 0.3) is 0 Å². The van der Waals surface area contributed by atoms with Crippen LogP contribution in [0.25, 0.3) is 5.57 Å². The number of benzene rings is 1. The Morgan fingerprint density at radius 1 is 1.10 bits per heavy atom. The highest BCUT2D eigenvalue weighted by Gasteiger charge is 2.57. The van der Waals surface area contributed by atoms with Crippen molar-refractivity contribution in [2.24, 2.45) is 0 Å². The van der Waals surface area contributed by atoms with Crippen LogP contribution in [0.5, 0.6) is 11.5 Å². The van der Waals surface area contributed by atoms with E-state index in [2.05, 4.69) is 45.2 Å². The average molecular weight is 762 g/mol. The lowest BCUT2D eigenvalue weighted by Crippen LogP contribution is -2.52. The Morgan fingerprint density at radius 3 is 2.38 bits per heavy atom. The number of nitrogens with zero attached hydrogens (tertiary/aromatic N) is 2. The van der Waals surface area contributed by atoms with Gasteiger partial charge in [-0.3, -0.25) is 0 Å². The van der Waals surface area contributed by atoms with Crippen molar-refractivity contribution < 1.29 is 32.5 Å². The van der Waals surface area contributed by atoms with Crippen molar-refractivity contribution >= 4 is 69.4 Å². The SMILES string of the molecule is CC1=C(I)C(C)=[N+]2C1=C(COC(=O)C1(C)CCc3c(C)c(O)c(C)c(C)c3O1)c1c(C)c(I)c(C)n1[B-]2(F)F. The maximum Gasteiger partial charge on any atom is 0.737 e. The van der Waals surface area contributed by atoms with Gasteiger partial charge in [0.2, 0.25) is 5.60 Å². The van der Waals surface area contributed by atoms with E-state index in [1.54, 1.807) is 20.8 Å². The molecular formula is C28H31BF2I2N2O4. The molecule has 0 saturated heterocycles. The third-order valence-corrected chi connectivity index (χ3v) is 11.9. The van der Waals surface area contributed by atoms with Crippen molar-refractivity contribution in [1.82, 2.24) is 4.48 Å². The Bertz CT molecular complexity index is 1610. The molecule has 1 aromatic carbocycles. The van der Waals surface area contributed by atoms with Gasteiger partial charge in [-0.15, -0.1) is 0 Å². The van der Waals surface area contributed by atoms with Gasteiger partial charge >= 0.3 is 12.9 Å². The third kappa shape index (κ3) is 3.87. The van der Waals surface area contributed by atoms with Crippen molar-refractivity contribution in [2.45, 2.75) is 73.8 Å². The lowest BCUT2D eigenvalue weighted by atomic mass is 9.86. The number of esters is 1. The predicted molar refractivity (Wildman–Crippen MR) is 165 cm³/mol. The molecule has 0 radical (unpaired) electrons. The summed E-state index contributed by atoms with van der Waals surface area (Å²) < 4.78 is 48.3. The fourth-order valence-electron chi connectivity index (χ4n) is 6.23. The second-order valence-electron chi connectivity index (χ2n) is 11.0. The Balaban J connectivity index is 1.55. The van der Waals surface area contributed by atoms with E-state index in [9.17, 15) is 9.90 Å².